The lowest BCUT2D eigenvalue weighted by Gasteiger charge is -2.01. The summed E-state index contributed by atoms with van der Waals surface area (Å²) < 4.78 is 4.91. The van der Waals surface area contributed by atoms with Crippen LogP contribution in [0.5, 0.6) is 0 Å². The van der Waals surface area contributed by atoms with E-state index in [9.17, 15) is 0 Å². The normalized spacial score (nSPS) is 10.4. The van der Waals surface area contributed by atoms with Crippen LogP contribution in [0.1, 0.15) is 11.5 Å². The smallest absolute Gasteiger partial charge is 0.228 e. The molecule has 0 fully saturated rings. The van der Waals surface area contributed by atoms with E-state index in [0.29, 0.717) is 12.5 Å². The quantitative estimate of drug-likeness (QED) is 0.910. The fraction of sp³-hybridized carbons (Fsp3) is 0.250. The Morgan fingerprint density at radius 3 is 2.50 bits per heavy atom. The van der Waals surface area contributed by atoms with Crippen LogP contribution in [-0.2, 0) is 6.54 Å². The van der Waals surface area contributed by atoms with Crippen molar-refractivity contribution in [1.82, 2.24) is 20.1 Å². The SMILES string of the molecule is Cc1cc(CNc2nc(Cl)nc(Cl)n2)no1. The van der Waals surface area contributed by atoms with Gasteiger partial charge in [-0.05, 0) is 30.1 Å². The lowest BCUT2D eigenvalue weighted by atomic mass is 10.4. The summed E-state index contributed by atoms with van der Waals surface area (Å²) in [5.74, 6) is 1.04. The highest BCUT2D eigenvalue weighted by molar-refractivity contribution is 6.31. The molecule has 0 aliphatic heterocycles. The van der Waals surface area contributed by atoms with Gasteiger partial charge in [0.15, 0.2) is 0 Å². The number of hydrogen-bond acceptors (Lipinski definition) is 6. The van der Waals surface area contributed by atoms with E-state index in [2.05, 4.69) is 25.4 Å². The average molecular weight is 260 g/mol. The fourth-order valence-corrected chi connectivity index (χ4v) is 1.44. The van der Waals surface area contributed by atoms with Crippen molar-refractivity contribution in [2.24, 2.45) is 0 Å². The van der Waals surface area contributed by atoms with E-state index in [1.807, 2.05) is 6.92 Å². The predicted octanol–water partition coefficient (Wildman–Crippen LogP) is 2.09. The Hall–Kier alpha value is -1.40. The van der Waals surface area contributed by atoms with Crippen LogP contribution in [0, 0.1) is 6.92 Å². The third-order valence-electron chi connectivity index (χ3n) is 1.69. The number of nitrogens with one attached hydrogen (secondary N) is 1. The summed E-state index contributed by atoms with van der Waals surface area (Å²) in [6, 6.07) is 1.80. The molecular formula is C8H7Cl2N5O. The second-order valence-corrected chi connectivity index (χ2v) is 3.66. The fourth-order valence-electron chi connectivity index (χ4n) is 1.08. The summed E-state index contributed by atoms with van der Waals surface area (Å²) in [4.78, 5) is 11.3. The summed E-state index contributed by atoms with van der Waals surface area (Å²) in [5, 5.41) is 6.78. The van der Waals surface area contributed by atoms with Crippen LogP contribution < -0.4 is 5.32 Å². The molecule has 16 heavy (non-hydrogen) atoms. The number of aryl methyl sites for hydroxylation is 1. The molecule has 0 radical (unpaired) electrons. The van der Waals surface area contributed by atoms with Crippen molar-refractivity contribution in [3.8, 4) is 0 Å². The molecule has 0 amide bonds. The van der Waals surface area contributed by atoms with Crippen molar-refractivity contribution >= 4 is 29.2 Å². The van der Waals surface area contributed by atoms with Crippen LogP contribution >= 0.6 is 23.2 Å². The molecule has 8 heteroatoms. The van der Waals surface area contributed by atoms with E-state index in [1.165, 1.54) is 0 Å². The number of anilines is 1. The number of nitrogens with zero attached hydrogens (tertiary/aromatic N) is 4. The topological polar surface area (TPSA) is 76.7 Å². The van der Waals surface area contributed by atoms with E-state index in [1.54, 1.807) is 6.07 Å². The molecule has 6 nitrogen and oxygen atoms in total. The second-order valence-electron chi connectivity index (χ2n) is 2.98. The molecule has 0 aromatic carbocycles. The Labute approximate surface area is 101 Å². The van der Waals surface area contributed by atoms with Gasteiger partial charge in [-0.3, -0.25) is 0 Å². The van der Waals surface area contributed by atoms with Gasteiger partial charge in [0, 0.05) is 6.07 Å². The number of rotatable bonds is 3. The molecule has 0 saturated carbocycles. The third-order valence-corrected chi connectivity index (χ3v) is 2.02. The van der Waals surface area contributed by atoms with Gasteiger partial charge in [0.25, 0.3) is 0 Å². The highest BCUT2D eigenvalue weighted by Gasteiger charge is 2.04. The molecule has 0 aliphatic carbocycles. The Morgan fingerprint density at radius 1 is 1.25 bits per heavy atom. The zero-order chi connectivity index (χ0) is 11.5. The minimum absolute atomic E-state index is 0.0406. The second kappa shape index (κ2) is 4.63. The van der Waals surface area contributed by atoms with Crippen molar-refractivity contribution in [3.05, 3.63) is 28.1 Å². The lowest BCUT2D eigenvalue weighted by molar-refractivity contribution is 0.391. The molecule has 2 rings (SSSR count). The first-order chi connectivity index (χ1) is 7.63. The average Bonchev–Trinajstić information content (AvgIpc) is 2.60. The maximum Gasteiger partial charge on any atom is 0.228 e. The largest absolute Gasteiger partial charge is 0.361 e. The summed E-state index contributed by atoms with van der Waals surface area (Å²) in [6.07, 6.45) is 0. The van der Waals surface area contributed by atoms with E-state index < -0.39 is 0 Å². The van der Waals surface area contributed by atoms with Crippen molar-refractivity contribution in [1.29, 1.82) is 0 Å². The Kier molecular flexibility index (Phi) is 3.21. The van der Waals surface area contributed by atoms with Gasteiger partial charge in [0.05, 0.1) is 6.54 Å². The van der Waals surface area contributed by atoms with Crippen molar-refractivity contribution in [2.75, 3.05) is 5.32 Å². The van der Waals surface area contributed by atoms with Crippen molar-refractivity contribution in [2.45, 2.75) is 13.5 Å². The highest BCUT2D eigenvalue weighted by atomic mass is 35.5. The van der Waals surface area contributed by atoms with Crippen LogP contribution in [0.15, 0.2) is 10.6 Å². The molecule has 0 atom stereocenters. The molecule has 0 unspecified atom stereocenters. The first-order valence-electron chi connectivity index (χ1n) is 4.36. The minimum atomic E-state index is 0.0406. The Bertz CT molecular complexity index is 481. The van der Waals surface area contributed by atoms with Crippen LogP contribution in [-0.4, -0.2) is 20.1 Å². The van der Waals surface area contributed by atoms with Gasteiger partial charge in [0.2, 0.25) is 16.5 Å². The van der Waals surface area contributed by atoms with Crippen molar-refractivity contribution < 1.29 is 4.52 Å². The summed E-state index contributed by atoms with van der Waals surface area (Å²) in [7, 11) is 0. The van der Waals surface area contributed by atoms with Gasteiger partial charge in [-0.1, -0.05) is 5.16 Å². The van der Waals surface area contributed by atoms with E-state index in [-0.39, 0.29) is 10.6 Å². The third kappa shape index (κ3) is 2.80. The van der Waals surface area contributed by atoms with Crippen LogP contribution in [0.3, 0.4) is 0 Å². The van der Waals surface area contributed by atoms with E-state index in [4.69, 9.17) is 27.7 Å². The number of hydrogen-bond donors (Lipinski definition) is 1. The Morgan fingerprint density at radius 2 is 1.94 bits per heavy atom. The standard InChI is InChI=1S/C8H7Cl2N5O/c1-4-2-5(15-16-4)3-11-8-13-6(9)12-7(10)14-8/h2H,3H2,1H3,(H,11,12,13,14). The number of aromatic nitrogens is 4. The van der Waals surface area contributed by atoms with Gasteiger partial charge >= 0.3 is 0 Å². The molecule has 84 valence electrons. The Balaban J connectivity index is 2.04. The molecule has 0 spiro atoms. The maximum absolute atomic E-state index is 5.62. The maximum atomic E-state index is 5.62. The number of halogens is 2. The van der Waals surface area contributed by atoms with Crippen LogP contribution in [0.25, 0.3) is 0 Å². The summed E-state index contributed by atoms with van der Waals surface area (Å²) in [6.45, 7) is 2.24. The minimum Gasteiger partial charge on any atom is -0.361 e. The van der Waals surface area contributed by atoms with Gasteiger partial charge in [-0.2, -0.15) is 15.0 Å². The predicted molar refractivity (Wildman–Crippen MR) is 58.4 cm³/mol. The molecule has 0 aliphatic rings. The monoisotopic (exact) mass is 259 g/mol. The molecular weight excluding hydrogens is 253 g/mol. The lowest BCUT2D eigenvalue weighted by Crippen LogP contribution is -2.05. The van der Waals surface area contributed by atoms with Crippen LogP contribution in [0.2, 0.25) is 10.6 Å². The van der Waals surface area contributed by atoms with Gasteiger partial charge in [-0.15, -0.1) is 0 Å². The van der Waals surface area contributed by atoms with Crippen LogP contribution in [0.4, 0.5) is 5.95 Å². The molecule has 1 N–H and O–H groups in total. The van der Waals surface area contributed by atoms with E-state index >= 15 is 0 Å². The molecule has 0 bridgehead atoms. The van der Waals surface area contributed by atoms with E-state index in [0.717, 1.165) is 11.5 Å². The van der Waals surface area contributed by atoms with Gasteiger partial charge < -0.3 is 9.84 Å². The molecule has 2 aromatic heterocycles. The highest BCUT2D eigenvalue weighted by Crippen LogP contribution is 2.10. The molecule has 0 saturated heterocycles. The van der Waals surface area contributed by atoms with Crippen molar-refractivity contribution in [3.63, 3.8) is 0 Å². The summed E-state index contributed by atoms with van der Waals surface area (Å²) in [5.41, 5.74) is 0.741. The summed E-state index contributed by atoms with van der Waals surface area (Å²) >= 11 is 11.2. The first kappa shape index (κ1) is 11.1. The first-order valence-corrected chi connectivity index (χ1v) is 5.12. The molecule has 2 aromatic rings. The van der Waals surface area contributed by atoms with Gasteiger partial charge in [-0.25, -0.2) is 0 Å². The zero-order valence-corrected chi connectivity index (χ0v) is 9.75. The van der Waals surface area contributed by atoms with Gasteiger partial charge in [0.1, 0.15) is 11.5 Å². The zero-order valence-electron chi connectivity index (χ0n) is 8.24. The molecule has 2 heterocycles.